The molecule has 0 aliphatic carbocycles. The molecule has 110 valence electrons. The molecule has 1 unspecified atom stereocenters. The maximum absolute atomic E-state index is 13.1. The van der Waals surface area contributed by atoms with E-state index in [1.807, 2.05) is 0 Å². The lowest BCUT2D eigenvalue weighted by Gasteiger charge is -2.15. The topological polar surface area (TPSA) is 38.7 Å². The van der Waals surface area contributed by atoms with Crippen molar-refractivity contribution in [2.75, 3.05) is 13.2 Å². The summed E-state index contributed by atoms with van der Waals surface area (Å²) in [6.45, 7) is 1.21. The lowest BCUT2D eigenvalue weighted by molar-refractivity contribution is 0.218. The molecule has 1 heterocycles. The lowest BCUT2D eigenvalue weighted by atomic mass is 10.0. The summed E-state index contributed by atoms with van der Waals surface area (Å²) in [5.41, 5.74) is 1.28. The third-order valence-electron chi connectivity index (χ3n) is 3.34. The minimum absolute atomic E-state index is 0.350. The van der Waals surface area contributed by atoms with Crippen molar-refractivity contribution in [3.63, 3.8) is 0 Å². The van der Waals surface area contributed by atoms with Gasteiger partial charge in [0.1, 0.15) is 11.9 Å². The van der Waals surface area contributed by atoms with Gasteiger partial charge < -0.3 is 14.6 Å². The normalized spacial score (nSPS) is 15.4. The SMILES string of the molecule is OC(c1ccc2c(c1)OCCCO2)c1ccc(F)cc1Br. The summed E-state index contributed by atoms with van der Waals surface area (Å²) in [6.07, 6.45) is -0.0343. The Morgan fingerprint density at radius 1 is 1.05 bits per heavy atom. The average Bonchev–Trinajstić information content (AvgIpc) is 2.71. The Morgan fingerprint density at radius 3 is 2.57 bits per heavy atom. The zero-order valence-corrected chi connectivity index (χ0v) is 12.8. The van der Waals surface area contributed by atoms with Crippen molar-refractivity contribution in [2.45, 2.75) is 12.5 Å². The lowest BCUT2D eigenvalue weighted by Crippen LogP contribution is -2.02. The molecule has 0 fully saturated rings. The highest BCUT2D eigenvalue weighted by atomic mass is 79.9. The van der Waals surface area contributed by atoms with Crippen LogP contribution in [0.4, 0.5) is 4.39 Å². The molecule has 1 aliphatic heterocycles. The molecule has 5 heteroatoms. The Balaban J connectivity index is 1.94. The van der Waals surface area contributed by atoms with Crippen molar-refractivity contribution < 1.29 is 19.0 Å². The van der Waals surface area contributed by atoms with Crippen molar-refractivity contribution in [1.82, 2.24) is 0 Å². The molecule has 0 saturated heterocycles. The highest BCUT2D eigenvalue weighted by Crippen LogP contribution is 2.35. The minimum Gasteiger partial charge on any atom is -0.490 e. The summed E-state index contributed by atoms with van der Waals surface area (Å²) in [7, 11) is 0. The van der Waals surface area contributed by atoms with Gasteiger partial charge in [-0.2, -0.15) is 0 Å². The number of halogens is 2. The molecule has 0 amide bonds. The van der Waals surface area contributed by atoms with Crippen LogP contribution in [-0.2, 0) is 0 Å². The second-order valence-electron chi connectivity index (χ2n) is 4.83. The number of aliphatic hydroxyl groups excluding tert-OH is 1. The van der Waals surface area contributed by atoms with Crippen LogP contribution < -0.4 is 9.47 Å². The van der Waals surface area contributed by atoms with Gasteiger partial charge in [0.2, 0.25) is 0 Å². The second kappa shape index (κ2) is 6.03. The molecule has 21 heavy (non-hydrogen) atoms. The molecular weight excluding hydrogens is 339 g/mol. The van der Waals surface area contributed by atoms with Gasteiger partial charge in [-0.15, -0.1) is 0 Å². The van der Waals surface area contributed by atoms with E-state index in [0.717, 1.165) is 6.42 Å². The monoisotopic (exact) mass is 352 g/mol. The Kier molecular flexibility index (Phi) is 4.12. The third-order valence-corrected chi connectivity index (χ3v) is 4.03. The van der Waals surface area contributed by atoms with Gasteiger partial charge in [0, 0.05) is 10.9 Å². The highest BCUT2D eigenvalue weighted by molar-refractivity contribution is 9.10. The molecule has 0 spiro atoms. The first kappa shape index (κ1) is 14.4. The van der Waals surface area contributed by atoms with Crippen LogP contribution in [0.5, 0.6) is 11.5 Å². The van der Waals surface area contributed by atoms with E-state index in [9.17, 15) is 9.50 Å². The molecule has 2 aromatic carbocycles. The van der Waals surface area contributed by atoms with Crippen molar-refractivity contribution in [1.29, 1.82) is 0 Å². The van der Waals surface area contributed by atoms with E-state index < -0.39 is 6.10 Å². The van der Waals surface area contributed by atoms with Gasteiger partial charge in [-0.05, 0) is 35.4 Å². The maximum atomic E-state index is 13.1. The van der Waals surface area contributed by atoms with Crippen LogP contribution in [0.2, 0.25) is 0 Å². The van der Waals surface area contributed by atoms with Gasteiger partial charge in [0.25, 0.3) is 0 Å². The predicted molar refractivity (Wildman–Crippen MR) is 80.2 cm³/mol. The quantitative estimate of drug-likeness (QED) is 0.892. The molecule has 1 aliphatic rings. The zero-order chi connectivity index (χ0) is 14.8. The van der Waals surface area contributed by atoms with Crippen LogP contribution in [0.25, 0.3) is 0 Å². The van der Waals surface area contributed by atoms with Crippen molar-refractivity contribution in [2.24, 2.45) is 0 Å². The Morgan fingerprint density at radius 2 is 1.81 bits per heavy atom. The van der Waals surface area contributed by atoms with Crippen LogP contribution in [0.1, 0.15) is 23.7 Å². The number of benzene rings is 2. The summed E-state index contributed by atoms with van der Waals surface area (Å²) in [5.74, 6) is 0.959. The van der Waals surface area contributed by atoms with Crippen LogP contribution in [-0.4, -0.2) is 18.3 Å². The molecule has 3 nitrogen and oxygen atoms in total. The predicted octanol–water partition coefficient (Wildman–Crippen LogP) is 3.83. The van der Waals surface area contributed by atoms with E-state index in [1.165, 1.54) is 12.1 Å². The fourth-order valence-corrected chi connectivity index (χ4v) is 2.82. The molecule has 3 rings (SSSR count). The summed E-state index contributed by atoms with van der Waals surface area (Å²) in [4.78, 5) is 0. The first-order valence-electron chi connectivity index (χ1n) is 6.68. The number of hydrogen-bond acceptors (Lipinski definition) is 3. The van der Waals surface area contributed by atoms with E-state index in [1.54, 1.807) is 24.3 Å². The Hall–Kier alpha value is -1.59. The third kappa shape index (κ3) is 3.04. The fraction of sp³-hybridized carbons (Fsp3) is 0.250. The number of ether oxygens (including phenoxy) is 2. The minimum atomic E-state index is -0.864. The van der Waals surface area contributed by atoms with E-state index in [-0.39, 0.29) is 5.82 Å². The van der Waals surface area contributed by atoms with Crippen LogP contribution in [0.3, 0.4) is 0 Å². The molecule has 2 aromatic rings. The molecular formula is C16H14BrFO3. The van der Waals surface area contributed by atoms with E-state index in [4.69, 9.17) is 9.47 Å². The summed E-state index contributed by atoms with van der Waals surface area (Å²) in [5, 5.41) is 10.5. The van der Waals surface area contributed by atoms with Crippen molar-refractivity contribution in [3.8, 4) is 11.5 Å². The molecule has 0 aromatic heterocycles. The number of rotatable bonds is 2. The zero-order valence-electron chi connectivity index (χ0n) is 11.2. The Bertz CT molecular complexity index is 660. The molecule has 1 N–H and O–H groups in total. The second-order valence-corrected chi connectivity index (χ2v) is 5.68. The molecule has 0 bridgehead atoms. The fourth-order valence-electron chi connectivity index (χ4n) is 2.25. The van der Waals surface area contributed by atoms with Crippen molar-refractivity contribution >= 4 is 15.9 Å². The first-order valence-corrected chi connectivity index (χ1v) is 7.47. The largest absolute Gasteiger partial charge is 0.490 e. The van der Waals surface area contributed by atoms with Crippen LogP contribution in [0, 0.1) is 5.82 Å². The van der Waals surface area contributed by atoms with Gasteiger partial charge in [-0.25, -0.2) is 4.39 Å². The van der Waals surface area contributed by atoms with E-state index >= 15 is 0 Å². The first-order chi connectivity index (χ1) is 10.1. The van der Waals surface area contributed by atoms with E-state index in [0.29, 0.717) is 40.3 Å². The van der Waals surface area contributed by atoms with Gasteiger partial charge in [-0.1, -0.05) is 28.1 Å². The Labute approximate surface area is 130 Å². The van der Waals surface area contributed by atoms with Crippen LogP contribution >= 0.6 is 15.9 Å². The maximum Gasteiger partial charge on any atom is 0.161 e. The van der Waals surface area contributed by atoms with Gasteiger partial charge >= 0.3 is 0 Å². The molecule has 0 saturated carbocycles. The highest BCUT2D eigenvalue weighted by Gasteiger charge is 2.18. The summed E-state index contributed by atoms with van der Waals surface area (Å²) < 4.78 is 24.8. The van der Waals surface area contributed by atoms with E-state index in [2.05, 4.69) is 15.9 Å². The standard InChI is InChI=1S/C16H14BrFO3/c17-13-9-11(18)3-4-12(13)16(19)10-2-5-14-15(8-10)21-7-1-6-20-14/h2-5,8-9,16,19H,1,6-7H2. The average molecular weight is 353 g/mol. The van der Waals surface area contributed by atoms with Crippen LogP contribution in [0.15, 0.2) is 40.9 Å². The van der Waals surface area contributed by atoms with Gasteiger partial charge in [0.15, 0.2) is 11.5 Å². The smallest absolute Gasteiger partial charge is 0.161 e. The number of fused-ring (bicyclic) bond motifs is 1. The summed E-state index contributed by atoms with van der Waals surface area (Å²) >= 11 is 3.28. The summed E-state index contributed by atoms with van der Waals surface area (Å²) in [6, 6.07) is 9.56. The molecule has 0 radical (unpaired) electrons. The van der Waals surface area contributed by atoms with Gasteiger partial charge in [-0.3, -0.25) is 0 Å². The molecule has 1 atom stereocenters. The number of hydrogen-bond donors (Lipinski definition) is 1. The van der Waals surface area contributed by atoms with Crippen molar-refractivity contribution in [3.05, 3.63) is 57.8 Å². The number of aliphatic hydroxyl groups is 1. The van der Waals surface area contributed by atoms with Gasteiger partial charge in [0.05, 0.1) is 13.2 Å².